The molecule has 1 rings (SSSR count). The van der Waals surface area contributed by atoms with E-state index in [1.807, 2.05) is 48.5 Å². The summed E-state index contributed by atoms with van der Waals surface area (Å²) in [4.78, 5) is 65.8. The highest BCUT2D eigenvalue weighted by atomic mass is 16.6. The van der Waals surface area contributed by atoms with Crippen molar-refractivity contribution in [2.75, 3.05) is 6.61 Å². The van der Waals surface area contributed by atoms with Gasteiger partial charge in [-0.2, -0.15) is 0 Å². The van der Waals surface area contributed by atoms with Gasteiger partial charge in [-0.3, -0.25) is 19.2 Å². The van der Waals surface area contributed by atoms with E-state index in [0.29, 0.717) is 32.3 Å². The molecule has 0 saturated carbocycles. The molecule has 0 aliphatic carbocycles. The predicted molar refractivity (Wildman–Crippen MR) is 189 cm³/mol. The van der Waals surface area contributed by atoms with Crippen molar-refractivity contribution >= 4 is 29.7 Å². The lowest BCUT2D eigenvalue weighted by Crippen LogP contribution is -2.57. The SMILES string of the molecule is CCC[C@H](NC(=O)OC(C)(C)C)C(=O)N[C@@H](CC1CCCO1)C(=O)N[C@@H](CC(C)C)[C@@H](O)C[C@@H](C)C(=O)N[C@@H](CC(C)C)C(=O)NC(C)C. The second-order valence-corrected chi connectivity index (χ2v) is 15.7. The molecule has 6 N–H and O–H groups in total. The molecular formula is C36H67N5O8. The third-order valence-corrected chi connectivity index (χ3v) is 8.07. The van der Waals surface area contributed by atoms with E-state index in [4.69, 9.17) is 9.47 Å². The molecule has 1 saturated heterocycles. The molecule has 284 valence electrons. The van der Waals surface area contributed by atoms with Crippen LogP contribution in [0.4, 0.5) is 4.79 Å². The highest BCUT2D eigenvalue weighted by Gasteiger charge is 2.34. The Kier molecular flexibility index (Phi) is 19.2. The molecule has 1 heterocycles. The van der Waals surface area contributed by atoms with Gasteiger partial charge in [0.05, 0.1) is 18.2 Å². The van der Waals surface area contributed by atoms with Crippen molar-refractivity contribution in [2.24, 2.45) is 17.8 Å². The number of alkyl carbamates (subject to hydrolysis) is 1. The molecule has 0 bridgehead atoms. The minimum absolute atomic E-state index is 0.0465. The molecule has 1 aliphatic heterocycles. The second-order valence-electron chi connectivity index (χ2n) is 15.7. The maximum atomic E-state index is 13.9. The Bertz CT molecular complexity index is 1050. The lowest BCUT2D eigenvalue weighted by Gasteiger charge is -2.31. The minimum atomic E-state index is -1.08. The van der Waals surface area contributed by atoms with Gasteiger partial charge < -0.3 is 41.2 Å². The number of carbonyl (C=O) groups excluding carboxylic acids is 5. The van der Waals surface area contributed by atoms with E-state index in [1.165, 1.54) is 0 Å². The van der Waals surface area contributed by atoms with E-state index in [0.717, 1.165) is 12.8 Å². The number of amides is 5. The first-order chi connectivity index (χ1) is 22.7. The van der Waals surface area contributed by atoms with Gasteiger partial charge in [0, 0.05) is 25.0 Å². The first-order valence-corrected chi connectivity index (χ1v) is 18.2. The first kappa shape index (κ1) is 44.1. The maximum Gasteiger partial charge on any atom is 0.408 e. The first-order valence-electron chi connectivity index (χ1n) is 18.2. The number of carbonyl (C=O) groups is 5. The van der Waals surface area contributed by atoms with Gasteiger partial charge in [0.1, 0.15) is 23.7 Å². The number of aliphatic hydroxyl groups is 1. The summed E-state index contributed by atoms with van der Waals surface area (Å²) in [5.41, 5.74) is -0.748. The molecule has 1 fully saturated rings. The van der Waals surface area contributed by atoms with Crippen LogP contribution in [0.3, 0.4) is 0 Å². The van der Waals surface area contributed by atoms with Gasteiger partial charge >= 0.3 is 6.09 Å². The van der Waals surface area contributed by atoms with Crippen molar-refractivity contribution < 1.29 is 38.6 Å². The lowest BCUT2D eigenvalue weighted by molar-refractivity contribution is -0.133. The molecule has 7 atom stereocenters. The molecular weight excluding hydrogens is 630 g/mol. The molecule has 0 aromatic rings. The van der Waals surface area contributed by atoms with Crippen molar-refractivity contribution in [3.8, 4) is 0 Å². The van der Waals surface area contributed by atoms with Crippen molar-refractivity contribution in [2.45, 2.75) is 176 Å². The van der Waals surface area contributed by atoms with Crippen molar-refractivity contribution in [1.82, 2.24) is 26.6 Å². The van der Waals surface area contributed by atoms with E-state index >= 15 is 0 Å². The van der Waals surface area contributed by atoms with Crippen LogP contribution in [0.2, 0.25) is 0 Å². The van der Waals surface area contributed by atoms with Crippen LogP contribution in [0.5, 0.6) is 0 Å². The average molecular weight is 698 g/mol. The quantitative estimate of drug-likeness (QED) is 0.111. The van der Waals surface area contributed by atoms with Crippen LogP contribution in [0.25, 0.3) is 0 Å². The van der Waals surface area contributed by atoms with E-state index in [2.05, 4.69) is 26.6 Å². The number of rotatable bonds is 20. The lowest BCUT2D eigenvalue weighted by atomic mass is 9.91. The zero-order valence-corrected chi connectivity index (χ0v) is 31.9. The smallest absolute Gasteiger partial charge is 0.408 e. The van der Waals surface area contributed by atoms with Gasteiger partial charge in [-0.1, -0.05) is 48.0 Å². The fourth-order valence-corrected chi connectivity index (χ4v) is 5.74. The highest BCUT2D eigenvalue weighted by molar-refractivity contribution is 5.91. The van der Waals surface area contributed by atoms with E-state index in [1.54, 1.807) is 27.7 Å². The monoisotopic (exact) mass is 697 g/mol. The van der Waals surface area contributed by atoms with Crippen LogP contribution < -0.4 is 26.6 Å². The topological polar surface area (TPSA) is 184 Å². The Balaban J connectivity index is 3.11. The Labute approximate surface area is 294 Å². The number of aliphatic hydroxyl groups excluding tert-OH is 1. The normalized spacial score (nSPS) is 18.6. The van der Waals surface area contributed by atoms with Crippen LogP contribution >= 0.6 is 0 Å². The van der Waals surface area contributed by atoms with E-state index < -0.39 is 59.7 Å². The molecule has 0 spiro atoms. The molecule has 0 radical (unpaired) electrons. The number of ether oxygens (including phenoxy) is 2. The third-order valence-electron chi connectivity index (χ3n) is 8.07. The summed E-state index contributed by atoms with van der Waals surface area (Å²) in [5, 5.41) is 25.5. The Morgan fingerprint density at radius 3 is 1.84 bits per heavy atom. The summed E-state index contributed by atoms with van der Waals surface area (Å²) >= 11 is 0. The zero-order chi connectivity index (χ0) is 37.5. The fourth-order valence-electron chi connectivity index (χ4n) is 5.74. The summed E-state index contributed by atoms with van der Waals surface area (Å²) in [6.07, 6.45) is 1.65. The summed E-state index contributed by atoms with van der Waals surface area (Å²) in [6.45, 7) is 20.9. The van der Waals surface area contributed by atoms with Crippen molar-refractivity contribution in [3.05, 3.63) is 0 Å². The molecule has 13 nitrogen and oxygen atoms in total. The molecule has 49 heavy (non-hydrogen) atoms. The van der Waals surface area contributed by atoms with Gasteiger partial charge in [-0.05, 0) is 85.0 Å². The van der Waals surface area contributed by atoms with E-state index in [-0.39, 0.29) is 48.6 Å². The van der Waals surface area contributed by atoms with Gasteiger partial charge in [0.2, 0.25) is 23.6 Å². The van der Waals surface area contributed by atoms with Gasteiger partial charge in [0.15, 0.2) is 0 Å². The molecule has 1 unspecified atom stereocenters. The summed E-state index contributed by atoms with van der Waals surface area (Å²) in [6, 6.07) is -3.41. The Hall–Kier alpha value is -2.93. The summed E-state index contributed by atoms with van der Waals surface area (Å²) in [7, 11) is 0. The van der Waals surface area contributed by atoms with Crippen LogP contribution in [0, 0.1) is 17.8 Å². The molecule has 5 amide bonds. The Morgan fingerprint density at radius 1 is 0.755 bits per heavy atom. The molecule has 13 heteroatoms. The number of nitrogens with one attached hydrogen (secondary N) is 5. The van der Waals surface area contributed by atoms with Gasteiger partial charge in [-0.25, -0.2) is 4.79 Å². The van der Waals surface area contributed by atoms with Crippen LogP contribution in [0.15, 0.2) is 0 Å². The summed E-state index contributed by atoms with van der Waals surface area (Å²) in [5.74, 6) is -2.01. The van der Waals surface area contributed by atoms with Crippen LogP contribution in [0.1, 0.15) is 128 Å². The third kappa shape index (κ3) is 18.0. The van der Waals surface area contributed by atoms with Crippen LogP contribution in [-0.4, -0.2) is 89.5 Å². The maximum absolute atomic E-state index is 13.9. The standard InChI is InChI=1S/C36H67N5O8/c1-12-14-26(41-35(47)49-36(9,10)11)32(44)40-29(20-25-15-13-16-48-25)34(46)38-27(17-21(2)3)30(42)19-24(8)31(43)39-28(18-22(4)5)33(45)37-23(6)7/h21-30,42H,12-20H2,1-11H3,(H,37,45)(H,38,46)(H,39,43)(H,40,44)(H,41,47)/t24-,25?,26+,27+,28+,29+,30+/m1/s1. The number of hydrogen-bond donors (Lipinski definition) is 6. The van der Waals surface area contributed by atoms with Crippen LogP contribution in [-0.2, 0) is 28.7 Å². The fraction of sp³-hybridized carbons (Fsp3) is 0.861. The van der Waals surface area contributed by atoms with Crippen molar-refractivity contribution in [3.63, 3.8) is 0 Å². The zero-order valence-electron chi connectivity index (χ0n) is 31.9. The highest BCUT2D eigenvalue weighted by Crippen LogP contribution is 2.20. The summed E-state index contributed by atoms with van der Waals surface area (Å²) < 4.78 is 11.1. The van der Waals surface area contributed by atoms with Gasteiger partial charge in [-0.15, -0.1) is 0 Å². The molecule has 0 aromatic carbocycles. The largest absolute Gasteiger partial charge is 0.444 e. The molecule has 1 aliphatic rings. The van der Waals surface area contributed by atoms with E-state index in [9.17, 15) is 29.1 Å². The minimum Gasteiger partial charge on any atom is -0.444 e. The number of hydrogen-bond acceptors (Lipinski definition) is 8. The van der Waals surface area contributed by atoms with Gasteiger partial charge in [0.25, 0.3) is 0 Å². The second kappa shape index (κ2) is 21.3. The van der Waals surface area contributed by atoms with Crippen molar-refractivity contribution in [1.29, 1.82) is 0 Å². The Morgan fingerprint density at radius 2 is 1.33 bits per heavy atom. The average Bonchev–Trinajstić information content (AvgIpc) is 3.47. The molecule has 0 aromatic heterocycles. The predicted octanol–water partition coefficient (Wildman–Crippen LogP) is 3.71.